The van der Waals surface area contributed by atoms with E-state index in [1.165, 1.54) is 0 Å². The molecule has 1 N–H and O–H groups in total. The lowest BCUT2D eigenvalue weighted by Crippen LogP contribution is -2.14. The van der Waals surface area contributed by atoms with Gasteiger partial charge < -0.3 is 10.1 Å². The van der Waals surface area contributed by atoms with Crippen molar-refractivity contribution in [3.63, 3.8) is 0 Å². The lowest BCUT2D eigenvalue weighted by atomic mass is 10.3. The molecule has 0 saturated heterocycles. The first-order chi connectivity index (χ1) is 10.3. The van der Waals surface area contributed by atoms with Crippen molar-refractivity contribution in [2.75, 3.05) is 6.54 Å². The van der Waals surface area contributed by atoms with Crippen LogP contribution in [0.25, 0.3) is 5.65 Å². The minimum Gasteiger partial charge on any atom is -0.436 e. The number of imidazole rings is 1. The number of nitrogens with one attached hydrogen (secondary N) is 1. The van der Waals surface area contributed by atoms with Gasteiger partial charge in [0.25, 0.3) is 0 Å². The molecule has 3 rings (SSSR count). The highest BCUT2D eigenvalue weighted by Crippen LogP contribution is 2.25. The van der Waals surface area contributed by atoms with E-state index in [-0.39, 0.29) is 0 Å². The lowest BCUT2D eigenvalue weighted by molar-refractivity contribution is 0.453. The third-order valence-corrected chi connectivity index (χ3v) is 3.23. The van der Waals surface area contributed by atoms with Crippen LogP contribution in [-0.4, -0.2) is 20.9 Å². The third-order valence-electron chi connectivity index (χ3n) is 3.23. The van der Waals surface area contributed by atoms with Crippen LogP contribution in [-0.2, 0) is 6.54 Å². The first-order valence-electron chi connectivity index (χ1n) is 7.05. The molecule has 0 aliphatic carbocycles. The van der Waals surface area contributed by atoms with Crippen LogP contribution in [0.1, 0.15) is 18.3 Å². The van der Waals surface area contributed by atoms with Crippen molar-refractivity contribution in [1.82, 2.24) is 19.7 Å². The number of rotatable bonds is 5. The van der Waals surface area contributed by atoms with Gasteiger partial charge in [-0.15, -0.1) is 0 Å². The molecule has 0 saturated carbocycles. The quantitative estimate of drug-likeness (QED) is 0.781. The largest absolute Gasteiger partial charge is 0.436 e. The summed E-state index contributed by atoms with van der Waals surface area (Å²) in [7, 11) is 0. The van der Waals surface area contributed by atoms with Crippen LogP contribution in [0.15, 0.2) is 42.7 Å². The van der Waals surface area contributed by atoms with Crippen molar-refractivity contribution in [3.05, 3.63) is 54.1 Å². The molecule has 3 heterocycles. The van der Waals surface area contributed by atoms with E-state index < -0.39 is 0 Å². The Bertz CT molecular complexity index is 734. The maximum Gasteiger partial charge on any atom is 0.242 e. The van der Waals surface area contributed by atoms with E-state index in [9.17, 15) is 0 Å². The zero-order chi connectivity index (χ0) is 14.7. The van der Waals surface area contributed by atoms with Gasteiger partial charge in [-0.1, -0.05) is 13.0 Å². The first kappa shape index (κ1) is 13.6. The minimum absolute atomic E-state index is 0.618. The monoisotopic (exact) mass is 282 g/mol. The molecule has 0 atom stereocenters. The molecule has 0 aliphatic rings. The van der Waals surface area contributed by atoms with E-state index in [1.807, 2.05) is 47.9 Å². The van der Waals surface area contributed by atoms with Gasteiger partial charge in [0.05, 0.1) is 6.20 Å². The topological polar surface area (TPSA) is 51.5 Å². The lowest BCUT2D eigenvalue weighted by Gasteiger charge is -2.07. The molecule has 5 nitrogen and oxygen atoms in total. The summed E-state index contributed by atoms with van der Waals surface area (Å²) < 4.78 is 7.95. The van der Waals surface area contributed by atoms with Gasteiger partial charge in [-0.2, -0.15) is 4.98 Å². The van der Waals surface area contributed by atoms with E-state index >= 15 is 0 Å². The SMILES string of the molecule is CCNCc1c(Oc2ccc(C)nc2)nc2ccccn12. The maximum absolute atomic E-state index is 5.91. The highest BCUT2D eigenvalue weighted by molar-refractivity contribution is 5.46. The molecule has 3 aromatic heterocycles. The number of aryl methyl sites for hydroxylation is 1. The summed E-state index contributed by atoms with van der Waals surface area (Å²) in [5, 5.41) is 3.32. The number of aromatic nitrogens is 3. The highest BCUT2D eigenvalue weighted by Gasteiger charge is 2.13. The molecule has 21 heavy (non-hydrogen) atoms. The van der Waals surface area contributed by atoms with Gasteiger partial charge in [0.15, 0.2) is 0 Å². The Labute approximate surface area is 123 Å². The standard InChI is InChI=1S/C16H18N4O/c1-3-17-11-14-16(19-15-6-4-5-9-20(14)15)21-13-8-7-12(2)18-10-13/h4-10,17H,3,11H2,1-2H3. The van der Waals surface area contributed by atoms with Crippen molar-refractivity contribution in [2.24, 2.45) is 0 Å². The smallest absolute Gasteiger partial charge is 0.242 e. The molecule has 0 radical (unpaired) electrons. The van der Waals surface area contributed by atoms with Gasteiger partial charge in [0, 0.05) is 18.4 Å². The predicted molar refractivity (Wildman–Crippen MR) is 81.6 cm³/mol. The summed E-state index contributed by atoms with van der Waals surface area (Å²) in [5.41, 5.74) is 2.85. The number of nitrogens with zero attached hydrogens (tertiary/aromatic N) is 3. The fourth-order valence-corrected chi connectivity index (χ4v) is 2.14. The van der Waals surface area contributed by atoms with Crippen LogP contribution in [0.5, 0.6) is 11.6 Å². The fourth-order valence-electron chi connectivity index (χ4n) is 2.14. The minimum atomic E-state index is 0.618. The van der Waals surface area contributed by atoms with Crippen LogP contribution < -0.4 is 10.1 Å². The molecule has 0 bridgehead atoms. The Hall–Kier alpha value is -2.40. The number of fused-ring (bicyclic) bond motifs is 1. The molecular weight excluding hydrogens is 264 g/mol. The van der Waals surface area contributed by atoms with E-state index in [1.54, 1.807) is 6.20 Å². The molecule has 0 amide bonds. The molecule has 0 aromatic carbocycles. The van der Waals surface area contributed by atoms with E-state index in [2.05, 4.69) is 22.2 Å². The average Bonchev–Trinajstić information content (AvgIpc) is 2.85. The molecule has 5 heteroatoms. The zero-order valence-corrected chi connectivity index (χ0v) is 12.2. The van der Waals surface area contributed by atoms with Crippen molar-refractivity contribution in [2.45, 2.75) is 20.4 Å². The van der Waals surface area contributed by atoms with E-state index in [4.69, 9.17) is 4.74 Å². The Morgan fingerprint density at radius 2 is 2.14 bits per heavy atom. The second-order valence-electron chi connectivity index (χ2n) is 4.81. The molecule has 0 spiro atoms. The normalized spacial score (nSPS) is 11.0. The molecule has 3 aromatic rings. The van der Waals surface area contributed by atoms with Gasteiger partial charge in [-0.25, -0.2) is 0 Å². The average molecular weight is 282 g/mol. The summed E-state index contributed by atoms with van der Waals surface area (Å²) >= 11 is 0. The third kappa shape index (κ3) is 2.87. The Morgan fingerprint density at radius 1 is 1.24 bits per heavy atom. The van der Waals surface area contributed by atoms with E-state index in [0.29, 0.717) is 18.2 Å². The molecule has 0 unspecified atom stereocenters. The van der Waals surface area contributed by atoms with Crippen LogP contribution in [0.2, 0.25) is 0 Å². The number of hydrogen-bond acceptors (Lipinski definition) is 4. The van der Waals surface area contributed by atoms with Crippen molar-refractivity contribution >= 4 is 5.65 Å². The second kappa shape index (κ2) is 5.93. The molecule has 0 fully saturated rings. The fraction of sp³-hybridized carbons (Fsp3) is 0.250. The van der Waals surface area contributed by atoms with Crippen molar-refractivity contribution in [3.8, 4) is 11.6 Å². The van der Waals surface area contributed by atoms with Crippen LogP contribution in [0.4, 0.5) is 0 Å². The van der Waals surface area contributed by atoms with Crippen LogP contribution >= 0.6 is 0 Å². The highest BCUT2D eigenvalue weighted by atomic mass is 16.5. The van der Waals surface area contributed by atoms with Crippen LogP contribution in [0.3, 0.4) is 0 Å². The van der Waals surface area contributed by atoms with Crippen molar-refractivity contribution in [1.29, 1.82) is 0 Å². The van der Waals surface area contributed by atoms with Gasteiger partial charge >= 0.3 is 0 Å². The molecular formula is C16H18N4O. The Balaban J connectivity index is 1.97. The first-order valence-corrected chi connectivity index (χ1v) is 7.05. The summed E-state index contributed by atoms with van der Waals surface area (Å²) in [6.45, 7) is 5.63. The summed E-state index contributed by atoms with van der Waals surface area (Å²) in [6, 6.07) is 9.76. The summed E-state index contributed by atoms with van der Waals surface area (Å²) in [5.74, 6) is 1.31. The van der Waals surface area contributed by atoms with Gasteiger partial charge in [0.1, 0.15) is 17.1 Å². The van der Waals surface area contributed by atoms with Crippen molar-refractivity contribution < 1.29 is 4.74 Å². The number of pyridine rings is 2. The maximum atomic E-state index is 5.91. The zero-order valence-electron chi connectivity index (χ0n) is 12.2. The van der Waals surface area contributed by atoms with Crippen LogP contribution in [0, 0.1) is 6.92 Å². The van der Waals surface area contributed by atoms with Gasteiger partial charge in [-0.3, -0.25) is 9.38 Å². The number of ether oxygens (including phenoxy) is 1. The summed E-state index contributed by atoms with van der Waals surface area (Å²) in [4.78, 5) is 8.80. The van der Waals surface area contributed by atoms with Gasteiger partial charge in [0.2, 0.25) is 5.88 Å². The number of hydrogen-bond donors (Lipinski definition) is 1. The molecule has 108 valence electrons. The second-order valence-corrected chi connectivity index (χ2v) is 4.81. The van der Waals surface area contributed by atoms with Gasteiger partial charge in [-0.05, 0) is 37.7 Å². The Kier molecular flexibility index (Phi) is 3.83. The predicted octanol–water partition coefficient (Wildman–Crippen LogP) is 2.94. The molecule has 0 aliphatic heterocycles. The summed E-state index contributed by atoms with van der Waals surface area (Å²) in [6.07, 6.45) is 3.71. The Morgan fingerprint density at radius 3 is 2.90 bits per heavy atom. The van der Waals surface area contributed by atoms with E-state index in [0.717, 1.165) is 23.6 Å².